The molecule has 4 aromatic heterocycles. The van der Waals surface area contributed by atoms with Crippen LogP contribution in [0.15, 0.2) is 55.2 Å². The number of halogens is 10. The van der Waals surface area contributed by atoms with Crippen LogP contribution in [-0.4, -0.2) is 113 Å². The monoisotopic (exact) mass is 898 g/mol. The van der Waals surface area contributed by atoms with Gasteiger partial charge in [-0.15, -0.1) is 0 Å². The van der Waals surface area contributed by atoms with E-state index in [1.165, 1.54) is 11.2 Å². The number of alkyl halides is 9. The van der Waals surface area contributed by atoms with Crippen molar-refractivity contribution in [3.63, 3.8) is 0 Å². The van der Waals surface area contributed by atoms with Crippen LogP contribution in [-0.2, 0) is 14.4 Å². The van der Waals surface area contributed by atoms with Gasteiger partial charge in [0.05, 0.1) is 18.0 Å². The molecule has 0 aliphatic carbocycles. The number of amides is 1. The van der Waals surface area contributed by atoms with Gasteiger partial charge in [0, 0.05) is 60.0 Å². The van der Waals surface area contributed by atoms with Gasteiger partial charge in [-0.05, 0) is 50.6 Å². The van der Waals surface area contributed by atoms with Gasteiger partial charge in [-0.3, -0.25) is 14.8 Å². The van der Waals surface area contributed by atoms with E-state index in [4.69, 9.17) is 56.9 Å². The molecule has 0 aliphatic rings. The maximum Gasteiger partial charge on any atom is 0.490 e. The number of hydrogen-bond acceptors (Lipinski definition) is 11. The van der Waals surface area contributed by atoms with E-state index in [0.717, 1.165) is 27.8 Å². The molecular weight excluding hydrogens is 867 g/mol. The van der Waals surface area contributed by atoms with E-state index in [1.54, 1.807) is 38.8 Å². The van der Waals surface area contributed by atoms with Crippen molar-refractivity contribution in [3.8, 4) is 28.1 Å². The first kappa shape index (κ1) is 50.4. The van der Waals surface area contributed by atoms with Crippen LogP contribution < -0.4 is 10.5 Å². The van der Waals surface area contributed by atoms with Crippen LogP contribution in [0, 0.1) is 6.92 Å². The van der Waals surface area contributed by atoms with Crippen molar-refractivity contribution in [1.82, 2.24) is 34.6 Å². The Kier molecular flexibility index (Phi) is 16.9. The quantitative estimate of drug-likeness (QED) is 0.119. The molecular formula is C35H32ClF9N8O8. The summed E-state index contributed by atoms with van der Waals surface area (Å²) in [5.74, 6) is -7.46. The smallest absolute Gasteiger partial charge is 0.490 e. The molecule has 61 heavy (non-hydrogen) atoms. The summed E-state index contributed by atoms with van der Waals surface area (Å²) >= 11 is 6.82. The molecule has 0 spiro atoms. The van der Waals surface area contributed by atoms with Crippen LogP contribution in [0.4, 0.5) is 45.3 Å². The van der Waals surface area contributed by atoms with Gasteiger partial charge in [0.25, 0.3) is 5.91 Å². The molecule has 330 valence electrons. The minimum absolute atomic E-state index is 0.175. The highest BCUT2D eigenvalue weighted by atomic mass is 35.5. The highest BCUT2D eigenvalue weighted by molar-refractivity contribution is 6.32. The standard InChI is InChI=1S/C29H29ClN8O2.3C2HF3O2/c1-6-40-26-20(13-21(30)16(2)23(26)19-7-8-22(33-14-19)29(39)37(4)5)17(3)38-28-24(27(31)34-15-35-28)25(36-38)18-9-11-32-12-10-18;3*3-2(4,5)1(6)7/h7-15,17H,6H2,1-5H3,(H2,31,34,35);3*(H,6,7). The van der Waals surface area contributed by atoms with Gasteiger partial charge in [0.1, 0.15) is 29.3 Å². The third-order valence-corrected chi connectivity index (χ3v) is 7.88. The Bertz CT molecular complexity index is 2280. The van der Waals surface area contributed by atoms with Crippen LogP contribution in [0.3, 0.4) is 0 Å². The second-order valence-electron chi connectivity index (χ2n) is 11.9. The molecule has 0 saturated heterocycles. The number of hydrogen-bond donors (Lipinski definition) is 4. The first-order chi connectivity index (χ1) is 28.1. The van der Waals surface area contributed by atoms with Crippen molar-refractivity contribution in [2.24, 2.45) is 0 Å². The fourth-order valence-electron chi connectivity index (χ4n) is 4.71. The molecule has 0 radical (unpaired) electrons. The van der Waals surface area contributed by atoms with Crippen LogP contribution in [0.1, 0.15) is 41.5 Å². The van der Waals surface area contributed by atoms with Crippen molar-refractivity contribution < 1.29 is 78.7 Å². The molecule has 1 aromatic carbocycles. The van der Waals surface area contributed by atoms with Crippen molar-refractivity contribution in [1.29, 1.82) is 0 Å². The lowest BCUT2D eigenvalue weighted by Gasteiger charge is -2.23. The van der Waals surface area contributed by atoms with E-state index < -0.39 is 36.4 Å². The number of nitrogen functional groups attached to an aromatic ring is 1. The van der Waals surface area contributed by atoms with E-state index in [2.05, 4.69) is 19.9 Å². The van der Waals surface area contributed by atoms with E-state index in [-0.39, 0.29) is 11.9 Å². The number of pyridine rings is 2. The molecule has 0 fully saturated rings. The van der Waals surface area contributed by atoms with E-state index in [9.17, 15) is 44.3 Å². The van der Waals surface area contributed by atoms with Gasteiger partial charge in [0.15, 0.2) is 5.65 Å². The summed E-state index contributed by atoms with van der Waals surface area (Å²) in [5, 5.41) is 27.5. The van der Waals surface area contributed by atoms with Crippen LogP contribution in [0.2, 0.25) is 5.02 Å². The largest absolute Gasteiger partial charge is 0.493 e. The maximum absolute atomic E-state index is 12.4. The van der Waals surface area contributed by atoms with Gasteiger partial charge in [-0.1, -0.05) is 17.7 Å². The van der Waals surface area contributed by atoms with Crippen LogP contribution >= 0.6 is 11.6 Å². The summed E-state index contributed by atoms with van der Waals surface area (Å²) in [5.41, 5.74) is 12.0. The van der Waals surface area contributed by atoms with Crippen LogP contribution in [0.25, 0.3) is 33.4 Å². The van der Waals surface area contributed by atoms with Gasteiger partial charge in [-0.2, -0.15) is 44.6 Å². The van der Waals surface area contributed by atoms with Gasteiger partial charge in [0.2, 0.25) is 0 Å². The molecule has 16 nitrogen and oxygen atoms in total. The third-order valence-electron chi connectivity index (χ3n) is 7.49. The topological polar surface area (TPSA) is 237 Å². The lowest BCUT2D eigenvalue weighted by Crippen LogP contribution is -2.22. The second kappa shape index (κ2) is 20.5. The molecule has 0 bridgehead atoms. The number of fused-ring (bicyclic) bond motifs is 1. The molecule has 0 saturated carbocycles. The first-order valence-corrected chi connectivity index (χ1v) is 16.9. The number of aliphatic carboxylic acids is 3. The predicted molar refractivity (Wildman–Crippen MR) is 196 cm³/mol. The Balaban J connectivity index is 0.000000502. The Morgan fingerprint density at radius 2 is 1.36 bits per heavy atom. The molecule has 5 N–H and O–H groups in total. The normalized spacial score (nSPS) is 11.7. The number of rotatable bonds is 7. The number of nitrogens with zero attached hydrogens (tertiary/aromatic N) is 7. The highest BCUT2D eigenvalue weighted by Gasteiger charge is 2.39. The lowest BCUT2D eigenvalue weighted by atomic mass is 9.94. The van der Waals surface area contributed by atoms with E-state index in [1.807, 2.05) is 49.7 Å². The van der Waals surface area contributed by atoms with Crippen molar-refractivity contribution in [3.05, 3.63) is 77.1 Å². The first-order valence-electron chi connectivity index (χ1n) is 16.5. The Morgan fingerprint density at radius 1 is 0.852 bits per heavy atom. The summed E-state index contributed by atoms with van der Waals surface area (Å²) in [6, 6.07) is 8.85. The minimum atomic E-state index is -5.08. The van der Waals surface area contributed by atoms with E-state index >= 15 is 0 Å². The van der Waals surface area contributed by atoms with Crippen molar-refractivity contribution in [2.45, 2.75) is 45.3 Å². The number of carboxylic acids is 3. The average Bonchev–Trinajstić information content (AvgIpc) is 3.57. The zero-order chi connectivity index (χ0) is 46.8. The van der Waals surface area contributed by atoms with E-state index in [0.29, 0.717) is 45.6 Å². The summed E-state index contributed by atoms with van der Waals surface area (Å²) in [7, 11) is 3.38. The summed E-state index contributed by atoms with van der Waals surface area (Å²) in [6.45, 7) is 6.30. The van der Waals surface area contributed by atoms with Gasteiger partial charge < -0.3 is 30.7 Å². The van der Waals surface area contributed by atoms with Gasteiger partial charge >= 0.3 is 36.4 Å². The number of aromatic nitrogens is 6. The number of anilines is 1. The molecule has 1 amide bonds. The molecule has 1 unspecified atom stereocenters. The molecule has 5 rings (SSSR count). The molecule has 0 aliphatic heterocycles. The fraction of sp³-hybridized carbons (Fsp3) is 0.286. The Labute approximate surface area is 342 Å². The zero-order valence-corrected chi connectivity index (χ0v) is 32.6. The summed E-state index contributed by atoms with van der Waals surface area (Å²) in [6.07, 6.45) is -8.74. The van der Waals surface area contributed by atoms with Crippen LogP contribution in [0.5, 0.6) is 5.75 Å². The number of nitrogens with two attached hydrogens (primary N) is 1. The minimum Gasteiger partial charge on any atom is -0.493 e. The molecule has 4 heterocycles. The predicted octanol–water partition coefficient (Wildman–Crippen LogP) is 7.10. The number of benzene rings is 1. The second-order valence-corrected chi connectivity index (χ2v) is 12.3. The molecule has 1 atom stereocenters. The molecule has 26 heteroatoms. The summed E-state index contributed by atoms with van der Waals surface area (Å²) in [4.78, 5) is 57.9. The third kappa shape index (κ3) is 13.4. The number of carbonyl (C=O) groups is 4. The number of ether oxygens (including phenoxy) is 1. The van der Waals surface area contributed by atoms with Gasteiger partial charge in [-0.25, -0.2) is 29.0 Å². The van der Waals surface area contributed by atoms with Crippen molar-refractivity contribution in [2.75, 3.05) is 26.4 Å². The number of carboxylic acid groups (broad SMARTS) is 3. The Hall–Kier alpha value is -6.79. The van der Waals surface area contributed by atoms with Crippen molar-refractivity contribution >= 4 is 52.3 Å². The maximum atomic E-state index is 12.4. The Morgan fingerprint density at radius 3 is 1.79 bits per heavy atom. The highest BCUT2D eigenvalue weighted by Crippen LogP contribution is 2.44. The number of carbonyl (C=O) groups excluding carboxylic acids is 1. The SMILES string of the molecule is CCOc1c(C(C)n2nc(-c3ccncc3)c3c(N)ncnc32)cc(Cl)c(C)c1-c1ccc(C(=O)N(C)C)nc1.O=C(O)C(F)(F)F.O=C(O)C(F)(F)F.O=C(O)C(F)(F)F. The fourth-order valence-corrected chi connectivity index (χ4v) is 4.92. The summed E-state index contributed by atoms with van der Waals surface area (Å²) < 4.78 is 103. The zero-order valence-electron chi connectivity index (χ0n) is 31.9. The molecule has 5 aromatic rings. The average molecular weight is 899 g/mol. The lowest BCUT2D eigenvalue weighted by molar-refractivity contribution is -0.193.